The molecule has 0 radical (unpaired) electrons. The van der Waals surface area contributed by atoms with Crippen molar-refractivity contribution in [3.8, 4) is 0 Å². The number of hydrogen-bond donors (Lipinski definition) is 0. The second-order valence-corrected chi connectivity index (χ2v) is 8.10. The molecule has 0 saturated carbocycles. The lowest BCUT2D eigenvalue weighted by Crippen LogP contribution is -2.16. The van der Waals surface area contributed by atoms with Crippen molar-refractivity contribution in [1.82, 2.24) is 0 Å². The molecule has 0 aliphatic rings. The Morgan fingerprint density at radius 2 is 1.70 bits per heavy atom. The first-order chi connectivity index (χ1) is 9.53. The van der Waals surface area contributed by atoms with Gasteiger partial charge in [-0.2, -0.15) is 0 Å². The Kier molecular flexibility index (Phi) is 5.41. The fourth-order valence-electron chi connectivity index (χ4n) is 1.98. The lowest BCUT2D eigenvalue weighted by Gasteiger charge is -2.15. The lowest BCUT2D eigenvalue weighted by molar-refractivity contribution is 0.591. The van der Waals surface area contributed by atoms with Crippen molar-refractivity contribution in [2.75, 3.05) is 11.1 Å². The topological polar surface area (TPSA) is 34.1 Å². The molecule has 0 bridgehead atoms. The molecule has 2 aromatic carbocycles. The van der Waals surface area contributed by atoms with Gasteiger partial charge in [-0.3, -0.25) is 0 Å². The molecule has 0 amide bonds. The van der Waals surface area contributed by atoms with Crippen LogP contribution in [0, 0.1) is 0 Å². The van der Waals surface area contributed by atoms with E-state index in [0.29, 0.717) is 10.2 Å². The van der Waals surface area contributed by atoms with Crippen molar-refractivity contribution in [1.29, 1.82) is 0 Å². The van der Waals surface area contributed by atoms with E-state index in [1.54, 1.807) is 18.2 Å². The van der Waals surface area contributed by atoms with Gasteiger partial charge in [0.15, 0.2) is 9.84 Å². The van der Waals surface area contributed by atoms with Crippen LogP contribution in [0.25, 0.3) is 0 Å². The molecule has 0 aliphatic carbocycles. The van der Waals surface area contributed by atoms with Crippen LogP contribution in [0.4, 0.5) is 0 Å². The van der Waals surface area contributed by atoms with Crippen LogP contribution in [-0.4, -0.2) is 19.5 Å². The second-order valence-electron chi connectivity index (χ2n) is 4.50. The van der Waals surface area contributed by atoms with Crippen LogP contribution < -0.4 is 0 Å². The highest BCUT2D eigenvalue weighted by molar-refractivity contribution is 9.10. The van der Waals surface area contributed by atoms with Crippen LogP contribution in [0.3, 0.4) is 0 Å². The number of benzene rings is 2. The molecule has 1 atom stereocenters. The molecule has 2 aromatic rings. The molecule has 0 saturated heterocycles. The van der Waals surface area contributed by atoms with Crippen LogP contribution in [0.15, 0.2) is 64.0 Å². The molecule has 0 fully saturated rings. The molecule has 2 nitrogen and oxygen atoms in total. The third-order valence-electron chi connectivity index (χ3n) is 3.03. The van der Waals surface area contributed by atoms with Gasteiger partial charge in [-0.15, -0.1) is 0 Å². The summed E-state index contributed by atoms with van der Waals surface area (Å²) in [6, 6.07) is 16.5. The SMILES string of the molecule is O=S(=O)(CC(CBr)c1ccccc1)c1cccc(Br)c1. The Hall–Kier alpha value is -0.650. The summed E-state index contributed by atoms with van der Waals surface area (Å²) < 4.78 is 25.7. The molecule has 0 N–H and O–H groups in total. The Labute approximate surface area is 136 Å². The Bertz CT molecular complexity index is 669. The quantitative estimate of drug-likeness (QED) is 0.675. The minimum atomic E-state index is -3.30. The van der Waals surface area contributed by atoms with E-state index < -0.39 is 9.84 Å². The summed E-state index contributed by atoms with van der Waals surface area (Å²) in [5, 5.41) is 0.615. The standard InChI is InChI=1S/C15H14Br2O2S/c16-10-13(12-5-2-1-3-6-12)11-20(18,19)15-8-4-7-14(17)9-15/h1-9,13H,10-11H2. The zero-order chi connectivity index (χ0) is 14.6. The molecule has 1 unspecified atom stereocenters. The maximum atomic E-state index is 12.5. The van der Waals surface area contributed by atoms with E-state index in [9.17, 15) is 8.42 Å². The van der Waals surface area contributed by atoms with Gasteiger partial charge < -0.3 is 0 Å². The molecule has 20 heavy (non-hydrogen) atoms. The molecule has 0 spiro atoms. The van der Waals surface area contributed by atoms with E-state index in [1.165, 1.54) is 0 Å². The molecular formula is C15H14Br2O2S. The first-order valence-corrected chi connectivity index (χ1v) is 9.69. The van der Waals surface area contributed by atoms with Gasteiger partial charge in [0.1, 0.15) is 0 Å². The van der Waals surface area contributed by atoms with E-state index in [4.69, 9.17) is 0 Å². The summed E-state index contributed by atoms with van der Waals surface area (Å²) in [7, 11) is -3.30. The molecular weight excluding hydrogens is 404 g/mol. The number of sulfone groups is 1. The second kappa shape index (κ2) is 6.87. The van der Waals surface area contributed by atoms with Crippen molar-refractivity contribution in [2.45, 2.75) is 10.8 Å². The largest absolute Gasteiger partial charge is 0.224 e. The van der Waals surface area contributed by atoms with Crippen molar-refractivity contribution in [3.05, 3.63) is 64.6 Å². The fourth-order valence-corrected chi connectivity index (χ4v) is 5.06. The van der Waals surface area contributed by atoms with E-state index in [2.05, 4.69) is 31.9 Å². The average Bonchev–Trinajstić information content (AvgIpc) is 2.46. The summed E-state index contributed by atoms with van der Waals surface area (Å²) >= 11 is 6.73. The highest BCUT2D eigenvalue weighted by Gasteiger charge is 2.22. The molecule has 5 heteroatoms. The summed E-state index contributed by atoms with van der Waals surface area (Å²) in [4.78, 5) is 0.355. The monoisotopic (exact) mass is 416 g/mol. The minimum Gasteiger partial charge on any atom is -0.224 e. The van der Waals surface area contributed by atoms with E-state index in [-0.39, 0.29) is 11.7 Å². The van der Waals surface area contributed by atoms with E-state index in [0.717, 1.165) is 10.0 Å². The third kappa shape index (κ3) is 3.93. The van der Waals surface area contributed by atoms with Crippen molar-refractivity contribution >= 4 is 41.7 Å². The van der Waals surface area contributed by atoms with Gasteiger partial charge in [-0.1, -0.05) is 68.3 Å². The Morgan fingerprint density at radius 3 is 2.30 bits per heavy atom. The van der Waals surface area contributed by atoms with Crippen LogP contribution in [0.1, 0.15) is 11.5 Å². The van der Waals surface area contributed by atoms with Gasteiger partial charge in [-0.05, 0) is 23.8 Å². The average molecular weight is 418 g/mol. The van der Waals surface area contributed by atoms with Gasteiger partial charge in [0.25, 0.3) is 0 Å². The predicted molar refractivity (Wildman–Crippen MR) is 89.2 cm³/mol. The fraction of sp³-hybridized carbons (Fsp3) is 0.200. The number of alkyl halides is 1. The highest BCUT2D eigenvalue weighted by Crippen LogP contribution is 2.25. The van der Waals surface area contributed by atoms with Gasteiger partial charge in [0.2, 0.25) is 0 Å². The van der Waals surface area contributed by atoms with Gasteiger partial charge >= 0.3 is 0 Å². The Morgan fingerprint density at radius 1 is 1.00 bits per heavy atom. The third-order valence-corrected chi connectivity index (χ3v) is 6.12. The summed E-state index contributed by atoms with van der Waals surface area (Å²) in [6.07, 6.45) is 0. The smallest absolute Gasteiger partial charge is 0.179 e. The highest BCUT2D eigenvalue weighted by atomic mass is 79.9. The summed E-state index contributed by atoms with van der Waals surface area (Å²) in [6.45, 7) is 0. The van der Waals surface area contributed by atoms with Gasteiger partial charge in [0.05, 0.1) is 10.6 Å². The zero-order valence-electron chi connectivity index (χ0n) is 10.7. The Balaban J connectivity index is 2.27. The lowest BCUT2D eigenvalue weighted by atomic mass is 10.0. The summed E-state index contributed by atoms with van der Waals surface area (Å²) in [5.41, 5.74) is 1.03. The number of halogens is 2. The predicted octanol–water partition coefficient (Wildman–Crippen LogP) is 4.40. The number of hydrogen-bond acceptors (Lipinski definition) is 2. The van der Waals surface area contributed by atoms with Crippen molar-refractivity contribution in [3.63, 3.8) is 0 Å². The van der Waals surface area contributed by atoms with Crippen molar-refractivity contribution < 1.29 is 8.42 Å². The van der Waals surface area contributed by atoms with Crippen LogP contribution >= 0.6 is 31.9 Å². The van der Waals surface area contributed by atoms with E-state index >= 15 is 0 Å². The molecule has 106 valence electrons. The van der Waals surface area contributed by atoms with Crippen LogP contribution in [0.5, 0.6) is 0 Å². The molecule has 0 aromatic heterocycles. The van der Waals surface area contributed by atoms with E-state index in [1.807, 2.05) is 36.4 Å². The maximum Gasteiger partial charge on any atom is 0.179 e. The molecule has 2 rings (SSSR count). The first kappa shape index (κ1) is 15.7. The molecule has 0 aliphatic heterocycles. The van der Waals surface area contributed by atoms with Crippen LogP contribution in [-0.2, 0) is 9.84 Å². The maximum absolute atomic E-state index is 12.5. The normalized spacial score (nSPS) is 13.1. The minimum absolute atomic E-state index is 0.0554. The van der Waals surface area contributed by atoms with Crippen molar-refractivity contribution in [2.24, 2.45) is 0 Å². The van der Waals surface area contributed by atoms with Crippen LogP contribution in [0.2, 0.25) is 0 Å². The summed E-state index contributed by atoms with van der Waals surface area (Å²) in [5.74, 6) is 0.0406. The number of rotatable bonds is 5. The van der Waals surface area contributed by atoms with Gasteiger partial charge in [0, 0.05) is 15.7 Å². The van der Waals surface area contributed by atoms with Gasteiger partial charge in [-0.25, -0.2) is 8.42 Å². The first-order valence-electron chi connectivity index (χ1n) is 6.12. The molecule has 0 heterocycles. The zero-order valence-corrected chi connectivity index (χ0v) is 14.7.